The van der Waals surface area contributed by atoms with Crippen molar-refractivity contribution in [2.45, 2.75) is 18.9 Å². The molecule has 1 aliphatic rings. The van der Waals surface area contributed by atoms with Gasteiger partial charge in [0.05, 0.1) is 12.3 Å². The van der Waals surface area contributed by atoms with Crippen LogP contribution >= 0.6 is 0 Å². The van der Waals surface area contributed by atoms with Gasteiger partial charge in [-0.05, 0) is 12.8 Å². The van der Waals surface area contributed by atoms with Gasteiger partial charge in [-0.1, -0.05) is 0 Å². The fourth-order valence-electron chi connectivity index (χ4n) is 0.960. The summed E-state index contributed by atoms with van der Waals surface area (Å²) in [6.45, 7) is 0. The minimum atomic E-state index is -0.616. The van der Waals surface area contributed by atoms with Gasteiger partial charge in [-0.25, -0.2) is 4.98 Å². The molecule has 1 heterocycles. The molecule has 1 aliphatic carbocycles. The molecule has 0 radical (unpaired) electrons. The zero-order valence-electron chi connectivity index (χ0n) is 6.83. The van der Waals surface area contributed by atoms with E-state index < -0.39 is 5.95 Å². The second kappa shape index (κ2) is 3.02. The molecule has 1 fully saturated rings. The molecule has 0 N–H and O–H groups in total. The van der Waals surface area contributed by atoms with Crippen LogP contribution < -0.4 is 4.74 Å². The third-order valence-electron chi connectivity index (χ3n) is 1.77. The number of halogens is 1. The maximum absolute atomic E-state index is 12.7. The summed E-state index contributed by atoms with van der Waals surface area (Å²) in [6.07, 6.45) is 3.31. The average Bonchev–Trinajstić information content (AvgIpc) is 2.89. The van der Waals surface area contributed by atoms with E-state index in [0.29, 0.717) is 5.75 Å². The van der Waals surface area contributed by atoms with Gasteiger partial charge in [0.25, 0.3) is 0 Å². The van der Waals surface area contributed by atoms with Crippen LogP contribution in [0.25, 0.3) is 0 Å². The summed E-state index contributed by atoms with van der Waals surface area (Å²) in [5.74, 6) is -0.313. The molecule has 13 heavy (non-hydrogen) atoms. The van der Waals surface area contributed by atoms with Crippen LogP contribution in [0, 0.1) is 17.3 Å². The van der Waals surface area contributed by atoms with Crippen LogP contribution in [0.15, 0.2) is 12.3 Å². The summed E-state index contributed by atoms with van der Waals surface area (Å²) >= 11 is 0. The molecule has 0 amide bonds. The Kier molecular flexibility index (Phi) is 1.85. The zero-order chi connectivity index (χ0) is 9.26. The number of nitriles is 1. The van der Waals surface area contributed by atoms with E-state index in [-0.39, 0.29) is 11.7 Å². The van der Waals surface area contributed by atoms with Gasteiger partial charge in [-0.15, -0.1) is 0 Å². The SMILES string of the molecule is N#Cc1cnc(F)cc1OC1CC1. The molecule has 0 saturated heterocycles. The number of pyridine rings is 1. The van der Waals surface area contributed by atoms with Crippen LogP contribution in [-0.2, 0) is 0 Å². The third kappa shape index (κ3) is 1.75. The van der Waals surface area contributed by atoms with Gasteiger partial charge in [0.2, 0.25) is 5.95 Å². The van der Waals surface area contributed by atoms with Crippen molar-refractivity contribution in [2.75, 3.05) is 0 Å². The van der Waals surface area contributed by atoms with Crippen molar-refractivity contribution in [3.8, 4) is 11.8 Å². The van der Waals surface area contributed by atoms with Gasteiger partial charge in [-0.3, -0.25) is 0 Å². The quantitative estimate of drug-likeness (QED) is 0.646. The fourth-order valence-corrected chi connectivity index (χ4v) is 0.960. The Morgan fingerprint density at radius 1 is 1.62 bits per heavy atom. The van der Waals surface area contributed by atoms with Crippen LogP contribution in [0.2, 0.25) is 0 Å². The van der Waals surface area contributed by atoms with Crippen molar-refractivity contribution < 1.29 is 9.13 Å². The molecule has 0 unspecified atom stereocenters. The lowest BCUT2D eigenvalue weighted by atomic mass is 10.3. The highest BCUT2D eigenvalue weighted by Crippen LogP contribution is 2.28. The largest absolute Gasteiger partial charge is 0.489 e. The molecular weight excluding hydrogens is 171 g/mol. The molecule has 1 aromatic heterocycles. The first-order valence-corrected chi connectivity index (χ1v) is 4.02. The van der Waals surface area contributed by atoms with E-state index in [1.54, 1.807) is 0 Å². The third-order valence-corrected chi connectivity index (χ3v) is 1.77. The standard InChI is InChI=1S/C9H7FN2O/c10-9-3-8(13-7-1-2-7)6(4-11)5-12-9/h3,5,7H,1-2H2. The minimum Gasteiger partial charge on any atom is -0.489 e. The van der Waals surface area contributed by atoms with Gasteiger partial charge in [0, 0.05) is 6.07 Å². The molecule has 66 valence electrons. The van der Waals surface area contributed by atoms with E-state index in [0.717, 1.165) is 18.9 Å². The van der Waals surface area contributed by atoms with Crippen molar-refractivity contribution >= 4 is 0 Å². The summed E-state index contributed by atoms with van der Waals surface area (Å²) in [5.41, 5.74) is 0.285. The monoisotopic (exact) mass is 178 g/mol. The van der Waals surface area contributed by atoms with Crippen molar-refractivity contribution in [2.24, 2.45) is 0 Å². The number of rotatable bonds is 2. The summed E-state index contributed by atoms with van der Waals surface area (Å²) in [4.78, 5) is 3.37. The highest BCUT2D eigenvalue weighted by atomic mass is 19.1. The Morgan fingerprint density at radius 3 is 3.00 bits per heavy atom. The summed E-state index contributed by atoms with van der Waals surface area (Å²) in [7, 11) is 0. The van der Waals surface area contributed by atoms with Gasteiger partial charge in [0.15, 0.2) is 0 Å². The summed E-state index contributed by atoms with van der Waals surface area (Å²) in [6, 6.07) is 3.05. The molecule has 4 heteroatoms. The molecule has 1 saturated carbocycles. The first-order valence-electron chi connectivity index (χ1n) is 4.02. The Hall–Kier alpha value is -1.63. The highest BCUT2D eigenvalue weighted by molar-refractivity contribution is 5.40. The molecule has 2 rings (SSSR count). The van der Waals surface area contributed by atoms with Crippen LogP contribution in [0.4, 0.5) is 4.39 Å². The van der Waals surface area contributed by atoms with Crippen LogP contribution in [0.1, 0.15) is 18.4 Å². The number of ether oxygens (including phenoxy) is 1. The van der Waals surface area contributed by atoms with E-state index >= 15 is 0 Å². The molecule has 0 aromatic carbocycles. The Morgan fingerprint density at radius 2 is 2.38 bits per heavy atom. The maximum atomic E-state index is 12.7. The van der Waals surface area contributed by atoms with Gasteiger partial charge in [0.1, 0.15) is 17.4 Å². The molecule has 0 spiro atoms. The smallest absolute Gasteiger partial charge is 0.216 e. The Labute approximate surface area is 74.8 Å². The second-order valence-corrected chi connectivity index (χ2v) is 2.93. The molecule has 0 bridgehead atoms. The molecular formula is C9H7FN2O. The number of hydrogen-bond acceptors (Lipinski definition) is 3. The lowest BCUT2D eigenvalue weighted by Crippen LogP contribution is -1.99. The highest BCUT2D eigenvalue weighted by Gasteiger charge is 2.24. The predicted molar refractivity (Wildman–Crippen MR) is 42.6 cm³/mol. The van der Waals surface area contributed by atoms with E-state index in [2.05, 4.69) is 4.98 Å². The van der Waals surface area contributed by atoms with E-state index in [1.165, 1.54) is 6.20 Å². The minimum absolute atomic E-state index is 0.161. The lowest BCUT2D eigenvalue weighted by Gasteiger charge is -2.04. The van der Waals surface area contributed by atoms with Crippen LogP contribution in [0.5, 0.6) is 5.75 Å². The van der Waals surface area contributed by atoms with E-state index in [9.17, 15) is 4.39 Å². The van der Waals surface area contributed by atoms with Gasteiger partial charge >= 0.3 is 0 Å². The van der Waals surface area contributed by atoms with Gasteiger partial charge in [-0.2, -0.15) is 9.65 Å². The normalized spacial score (nSPS) is 15.1. The fraction of sp³-hybridized carbons (Fsp3) is 0.333. The number of hydrogen-bond donors (Lipinski definition) is 0. The molecule has 0 aliphatic heterocycles. The van der Waals surface area contributed by atoms with Gasteiger partial charge < -0.3 is 4.74 Å². The Bertz CT molecular complexity index is 368. The first kappa shape index (κ1) is 7.99. The van der Waals surface area contributed by atoms with Crippen molar-refractivity contribution in [3.05, 3.63) is 23.8 Å². The van der Waals surface area contributed by atoms with Crippen molar-refractivity contribution in [1.82, 2.24) is 4.98 Å². The summed E-state index contributed by atoms with van der Waals surface area (Å²) < 4.78 is 18.0. The van der Waals surface area contributed by atoms with E-state index in [4.69, 9.17) is 10.00 Å². The maximum Gasteiger partial charge on any atom is 0.216 e. The number of nitrogens with zero attached hydrogens (tertiary/aromatic N) is 2. The molecule has 1 aromatic rings. The zero-order valence-corrected chi connectivity index (χ0v) is 6.83. The summed E-state index contributed by atoms with van der Waals surface area (Å²) in [5, 5.41) is 8.65. The number of aromatic nitrogens is 1. The second-order valence-electron chi connectivity index (χ2n) is 2.93. The average molecular weight is 178 g/mol. The van der Waals surface area contributed by atoms with Crippen LogP contribution in [-0.4, -0.2) is 11.1 Å². The van der Waals surface area contributed by atoms with Crippen molar-refractivity contribution in [1.29, 1.82) is 5.26 Å². The van der Waals surface area contributed by atoms with Crippen LogP contribution in [0.3, 0.4) is 0 Å². The molecule has 0 atom stereocenters. The Balaban J connectivity index is 2.29. The van der Waals surface area contributed by atoms with Crippen molar-refractivity contribution in [3.63, 3.8) is 0 Å². The topological polar surface area (TPSA) is 45.9 Å². The molecule has 3 nitrogen and oxygen atoms in total. The lowest BCUT2D eigenvalue weighted by molar-refractivity contribution is 0.300. The predicted octanol–water partition coefficient (Wildman–Crippen LogP) is 1.63. The first-order chi connectivity index (χ1) is 6.29. The van der Waals surface area contributed by atoms with E-state index in [1.807, 2.05) is 6.07 Å².